The minimum atomic E-state index is -0.479. The van der Waals surface area contributed by atoms with Gasteiger partial charge in [-0.1, -0.05) is 0 Å². The van der Waals surface area contributed by atoms with Crippen LogP contribution in [0.25, 0.3) is 0 Å². The fraction of sp³-hybridized carbons (Fsp3) is 0.538. The first-order chi connectivity index (χ1) is 8.56. The fourth-order valence-electron chi connectivity index (χ4n) is 2.62. The Morgan fingerprint density at radius 3 is 2.72 bits per heavy atom. The molecular weight excluding hydrogens is 238 g/mol. The minimum absolute atomic E-state index is 0.0467. The summed E-state index contributed by atoms with van der Waals surface area (Å²) in [6.07, 6.45) is 0.747. The van der Waals surface area contributed by atoms with Gasteiger partial charge in [0.15, 0.2) is 11.6 Å². The minimum Gasteiger partial charge on any atom is -0.494 e. The zero-order chi connectivity index (χ0) is 13.3. The van der Waals surface area contributed by atoms with Gasteiger partial charge in [-0.05, 0) is 32.0 Å². The third kappa shape index (κ3) is 2.33. The molecule has 1 aliphatic rings. The second kappa shape index (κ2) is 5.20. The Balaban J connectivity index is 2.36. The van der Waals surface area contributed by atoms with Gasteiger partial charge in [-0.3, -0.25) is 4.90 Å². The van der Waals surface area contributed by atoms with Gasteiger partial charge in [0.25, 0.3) is 0 Å². The topological polar surface area (TPSA) is 38.5 Å². The van der Waals surface area contributed by atoms with Gasteiger partial charge in [0.2, 0.25) is 0 Å². The molecule has 2 atom stereocenters. The maximum absolute atomic E-state index is 14.2. The molecule has 0 radical (unpaired) electrons. The summed E-state index contributed by atoms with van der Waals surface area (Å²) in [6.45, 7) is 1.37. The fourth-order valence-corrected chi connectivity index (χ4v) is 2.62. The Labute approximate surface area is 106 Å². The molecule has 1 saturated heterocycles. The van der Waals surface area contributed by atoms with Crippen molar-refractivity contribution in [3.05, 3.63) is 29.3 Å². The number of ether oxygens (including phenoxy) is 1. The summed E-state index contributed by atoms with van der Waals surface area (Å²) in [5, 5.41) is 0. The lowest BCUT2D eigenvalue weighted by molar-refractivity contribution is 0.300. The maximum Gasteiger partial charge on any atom is 0.170 e. The average Bonchev–Trinajstić information content (AvgIpc) is 2.73. The number of methoxy groups -OCH3 is 1. The largest absolute Gasteiger partial charge is 0.494 e. The first kappa shape index (κ1) is 13.2. The summed E-state index contributed by atoms with van der Waals surface area (Å²) >= 11 is 0. The third-order valence-electron chi connectivity index (χ3n) is 3.58. The molecule has 0 bridgehead atoms. The van der Waals surface area contributed by atoms with E-state index in [1.54, 1.807) is 0 Å². The van der Waals surface area contributed by atoms with E-state index in [2.05, 4.69) is 0 Å². The molecule has 100 valence electrons. The first-order valence-electron chi connectivity index (χ1n) is 6.00. The van der Waals surface area contributed by atoms with E-state index in [-0.39, 0.29) is 11.8 Å². The third-order valence-corrected chi connectivity index (χ3v) is 3.58. The Kier molecular flexibility index (Phi) is 3.82. The number of hydrogen-bond acceptors (Lipinski definition) is 3. The van der Waals surface area contributed by atoms with Gasteiger partial charge >= 0.3 is 0 Å². The molecule has 0 aromatic heterocycles. The molecule has 2 unspecified atom stereocenters. The molecule has 0 saturated carbocycles. The molecule has 0 spiro atoms. The Morgan fingerprint density at radius 2 is 2.17 bits per heavy atom. The van der Waals surface area contributed by atoms with Crippen molar-refractivity contribution in [2.75, 3.05) is 27.2 Å². The summed E-state index contributed by atoms with van der Waals surface area (Å²) in [4.78, 5) is 2.01. The van der Waals surface area contributed by atoms with Gasteiger partial charge < -0.3 is 10.5 Å². The van der Waals surface area contributed by atoms with Gasteiger partial charge in [0.05, 0.1) is 7.11 Å². The number of rotatable bonds is 3. The first-order valence-corrected chi connectivity index (χ1v) is 6.00. The van der Waals surface area contributed by atoms with Crippen molar-refractivity contribution < 1.29 is 13.5 Å². The molecule has 0 aliphatic carbocycles. The van der Waals surface area contributed by atoms with Crippen molar-refractivity contribution in [2.24, 2.45) is 11.7 Å². The van der Waals surface area contributed by atoms with E-state index in [9.17, 15) is 8.78 Å². The molecular formula is C13H18F2N2O. The van der Waals surface area contributed by atoms with Crippen LogP contribution in [0.2, 0.25) is 0 Å². The SMILES string of the molecule is COc1cc(F)cc(C2CC(CN)CN2C)c1F. The molecule has 5 heteroatoms. The smallest absolute Gasteiger partial charge is 0.170 e. The lowest BCUT2D eigenvalue weighted by Crippen LogP contribution is -2.21. The van der Waals surface area contributed by atoms with E-state index in [0.717, 1.165) is 19.0 Å². The van der Waals surface area contributed by atoms with Gasteiger partial charge in [0, 0.05) is 24.2 Å². The van der Waals surface area contributed by atoms with Crippen LogP contribution in [0.15, 0.2) is 12.1 Å². The monoisotopic (exact) mass is 256 g/mol. The highest BCUT2D eigenvalue weighted by atomic mass is 19.1. The Bertz CT molecular complexity index is 439. The highest BCUT2D eigenvalue weighted by Gasteiger charge is 2.32. The maximum atomic E-state index is 14.2. The van der Waals surface area contributed by atoms with Crippen LogP contribution in [0.5, 0.6) is 5.75 Å². The number of nitrogens with two attached hydrogens (primary N) is 1. The van der Waals surface area contributed by atoms with E-state index in [1.165, 1.54) is 13.2 Å². The molecule has 1 heterocycles. The Hall–Kier alpha value is -1.20. The quantitative estimate of drug-likeness (QED) is 0.898. The second-order valence-corrected chi connectivity index (χ2v) is 4.80. The number of hydrogen-bond donors (Lipinski definition) is 1. The summed E-state index contributed by atoms with van der Waals surface area (Å²) in [7, 11) is 3.24. The molecule has 3 nitrogen and oxygen atoms in total. The standard InChI is InChI=1S/C13H18F2N2O/c1-17-7-8(6-16)3-11(17)10-4-9(14)5-12(18-2)13(10)15/h4-5,8,11H,3,6-7,16H2,1-2H3. The highest BCUT2D eigenvalue weighted by Crippen LogP contribution is 2.37. The molecule has 18 heavy (non-hydrogen) atoms. The van der Waals surface area contributed by atoms with Gasteiger partial charge in [-0.2, -0.15) is 0 Å². The van der Waals surface area contributed by atoms with E-state index >= 15 is 0 Å². The van der Waals surface area contributed by atoms with Crippen molar-refractivity contribution in [3.63, 3.8) is 0 Å². The molecule has 2 rings (SSSR count). The predicted octanol–water partition coefficient (Wildman–Crippen LogP) is 1.92. The number of halogens is 2. The molecule has 1 aliphatic heterocycles. The van der Waals surface area contributed by atoms with E-state index < -0.39 is 11.6 Å². The summed E-state index contributed by atoms with van der Waals surface area (Å²) in [5.74, 6) is -0.676. The van der Waals surface area contributed by atoms with E-state index in [4.69, 9.17) is 10.5 Å². The van der Waals surface area contributed by atoms with Crippen molar-refractivity contribution in [1.29, 1.82) is 0 Å². The average molecular weight is 256 g/mol. The van der Waals surface area contributed by atoms with Crippen molar-refractivity contribution >= 4 is 0 Å². The zero-order valence-electron chi connectivity index (χ0n) is 10.6. The number of benzene rings is 1. The summed E-state index contributed by atoms with van der Waals surface area (Å²) < 4.78 is 32.5. The van der Waals surface area contributed by atoms with Gasteiger partial charge in [0.1, 0.15) is 5.82 Å². The van der Waals surface area contributed by atoms with Crippen molar-refractivity contribution in [3.8, 4) is 5.75 Å². The second-order valence-electron chi connectivity index (χ2n) is 4.80. The van der Waals surface area contributed by atoms with Crippen LogP contribution in [0.1, 0.15) is 18.0 Å². The van der Waals surface area contributed by atoms with E-state index in [1.807, 2.05) is 11.9 Å². The van der Waals surface area contributed by atoms with Crippen LogP contribution in [0, 0.1) is 17.6 Å². The van der Waals surface area contributed by atoms with Crippen LogP contribution in [0.3, 0.4) is 0 Å². The van der Waals surface area contributed by atoms with Gasteiger partial charge in [-0.25, -0.2) is 8.78 Å². The molecule has 1 aromatic rings. The summed E-state index contributed by atoms with van der Waals surface area (Å²) in [5.41, 5.74) is 5.99. The zero-order valence-corrected chi connectivity index (χ0v) is 10.6. The van der Waals surface area contributed by atoms with Crippen molar-refractivity contribution in [2.45, 2.75) is 12.5 Å². The van der Waals surface area contributed by atoms with Crippen LogP contribution in [0.4, 0.5) is 8.78 Å². The lowest BCUT2D eigenvalue weighted by Gasteiger charge is -2.21. The highest BCUT2D eigenvalue weighted by molar-refractivity contribution is 5.34. The number of likely N-dealkylation sites (tertiary alicyclic amines) is 1. The van der Waals surface area contributed by atoms with Crippen LogP contribution in [-0.4, -0.2) is 32.1 Å². The van der Waals surface area contributed by atoms with Crippen LogP contribution < -0.4 is 10.5 Å². The molecule has 1 aromatic carbocycles. The van der Waals surface area contributed by atoms with Crippen molar-refractivity contribution in [1.82, 2.24) is 4.90 Å². The molecule has 0 amide bonds. The summed E-state index contributed by atoms with van der Waals surface area (Å²) in [6, 6.07) is 2.18. The number of nitrogens with zero attached hydrogens (tertiary/aromatic N) is 1. The van der Waals surface area contributed by atoms with Crippen LogP contribution >= 0.6 is 0 Å². The predicted molar refractivity (Wildman–Crippen MR) is 65.4 cm³/mol. The molecule has 2 N–H and O–H groups in total. The Morgan fingerprint density at radius 1 is 1.44 bits per heavy atom. The van der Waals surface area contributed by atoms with Gasteiger partial charge in [-0.15, -0.1) is 0 Å². The molecule has 1 fully saturated rings. The van der Waals surface area contributed by atoms with Crippen LogP contribution in [-0.2, 0) is 0 Å². The van der Waals surface area contributed by atoms with E-state index in [0.29, 0.717) is 18.0 Å². The normalized spacial score (nSPS) is 24.5. The lowest BCUT2D eigenvalue weighted by atomic mass is 9.99.